The zero-order valence-electron chi connectivity index (χ0n) is 16.0. The standard InChI is InChI=1S/C22H27FN2O2/c1-15-9-18(10-16(2)21(15)26)12-24-22(27)19-6-4-8-25(14-19)13-17-5-3-7-20(23)11-17/h3,5,7,9-11,19,26H,4,6,8,12-14H2,1-2H3,(H,24,27)/t19-/m1/s1. The number of piperidine rings is 1. The van der Waals surface area contributed by atoms with Gasteiger partial charge >= 0.3 is 0 Å². The van der Waals surface area contributed by atoms with Gasteiger partial charge in [-0.2, -0.15) is 0 Å². The fraction of sp³-hybridized carbons (Fsp3) is 0.409. The van der Waals surface area contributed by atoms with Crippen molar-refractivity contribution >= 4 is 5.91 Å². The Morgan fingerprint density at radius 2 is 1.96 bits per heavy atom. The highest BCUT2D eigenvalue weighted by Gasteiger charge is 2.25. The summed E-state index contributed by atoms with van der Waals surface area (Å²) in [5, 5.41) is 12.9. The first-order valence-electron chi connectivity index (χ1n) is 9.46. The van der Waals surface area contributed by atoms with Crippen molar-refractivity contribution in [2.24, 2.45) is 5.92 Å². The SMILES string of the molecule is Cc1cc(CNC(=O)[C@@H]2CCCN(Cc3cccc(F)c3)C2)cc(C)c1O. The number of phenolic OH excluding ortho intramolecular Hbond substituents is 1. The Morgan fingerprint density at radius 3 is 2.67 bits per heavy atom. The zero-order chi connectivity index (χ0) is 19.4. The van der Waals surface area contributed by atoms with E-state index >= 15 is 0 Å². The number of amides is 1. The molecule has 0 radical (unpaired) electrons. The molecule has 0 saturated carbocycles. The van der Waals surface area contributed by atoms with E-state index in [1.54, 1.807) is 12.1 Å². The van der Waals surface area contributed by atoms with Gasteiger partial charge in [0.2, 0.25) is 5.91 Å². The molecule has 0 bridgehead atoms. The first kappa shape index (κ1) is 19.4. The minimum absolute atomic E-state index is 0.0494. The quantitative estimate of drug-likeness (QED) is 0.844. The summed E-state index contributed by atoms with van der Waals surface area (Å²) < 4.78 is 13.4. The zero-order valence-corrected chi connectivity index (χ0v) is 16.0. The number of benzene rings is 2. The van der Waals surface area contributed by atoms with Gasteiger partial charge in [-0.25, -0.2) is 4.39 Å². The van der Waals surface area contributed by atoms with Crippen molar-refractivity contribution < 1.29 is 14.3 Å². The Bertz CT molecular complexity index is 799. The topological polar surface area (TPSA) is 52.6 Å². The van der Waals surface area contributed by atoms with E-state index in [-0.39, 0.29) is 17.6 Å². The lowest BCUT2D eigenvalue weighted by Gasteiger charge is -2.32. The number of nitrogens with one attached hydrogen (secondary N) is 1. The molecule has 1 saturated heterocycles. The number of aromatic hydroxyl groups is 1. The molecule has 1 amide bonds. The molecule has 1 aliphatic heterocycles. The monoisotopic (exact) mass is 370 g/mol. The van der Waals surface area contributed by atoms with Gasteiger partial charge in [-0.3, -0.25) is 9.69 Å². The van der Waals surface area contributed by atoms with E-state index in [2.05, 4.69) is 10.2 Å². The fourth-order valence-corrected chi connectivity index (χ4v) is 3.79. The van der Waals surface area contributed by atoms with Gasteiger partial charge in [0.25, 0.3) is 0 Å². The van der Waals surface area contributed by atoms with Crippen molar-refractivity contribution in [1.29, 1.82) is 0 Å². The highest BCUT2D eigenvalue weighted by molar-refractivity contribution is 5.79. The highest BCUT2D eigenvalue weighted by atomic mass is 19.1. The van der Waals surface area contributed by atoms with E-state index in [1.165, 1.54) is 6.07 Å². The highest BCUT2D eigenvalue weighted by Crippen LogP contribution is 2.23. The molecule has 1 fully saturated rings. The van der Waals surface area contributed by atoms with Gasteiger partial charge in [-0.05, 0) is 67.6 Å². The van der Waals surface area contributed by atoms with E-state index in [4.69, 9.17) is 0 Å². The van der Waals surface area contributed by atoms with Crippen LogP contribution in [-0.4, -0.2) is 29.0 Å². The van der Waals surface area contributed by atoms with Crippen LogP contribution >= 0.6 is 0 Å². The lowest BCUT2D eigenvalue weighted by molar-refractivity contribution is -0.126. The molecule has 27 heavy (non-hydrogen) atoms. The van der Waals surface area contributed by atoms with Gasteiger partial charge in [0.15, 0.2) is 0 Å². The van der Waals surface area contributed by atoms with Gasteiger partial charge in [0, 0.05) is 19.6 Å². The number of carbonyl (C=O) groups excluding carboxylic acids is 1. The van der Waals surface area contributed by atoms with Crippen LogP contribution in [0.1, 0.15) is 35.1 Å². The van der Waals surface area contributed by atoms with Crippen molar-refractivity contribution in [2.45, 2.75) is 39.8 Å². The van der Waals surface area contributed by atoms with Gasteiger partial charge in [0.1, 0.15) is 11.6 Å². The van der Waals surface area contributed by atoms with Crippen molar-refractivity contribution in [3.63, 3.8) is 0 Å². The summed E-state index contributed by atoms with van der Waals surface area (Å²) in [6, 6.07) is 10.4. The van der Waals surface area contributed by atoms with E-state index in [0.717, 1.165) is 41.6 Å². The van der Waals surface area contributed by atoms with E-state index in [9.17, 15) is 14.3 Å². The molecule has 1 heterocycles. The molecule has 2 aromatic carbocycles. The first-order chi connectivity index (χ1) is 12.9. The van der Waals surface area contributed by atoms with Crippen LogP contribution in [0.25, 0.3) is 0 Å². The van der Waals surface area contributed by atoms with Crippen LogP contribution in [0.3, 0.4) is 0 Å². The maximum atomic E-state index is 13.4. The summed E-state index contributed by atoms with van der Waals surface area (Å²) in [4.78, 5) is 14.8. The number of aryl methyl sites for hydroxylation is 2. The molecular formula is C22H27FN2O2. The maximum Gasteiger partial charge on any atom is 0.224 e. The normalized spacial score (nSPS) is 17.7. The van der Waals surface area contributed by atoms with Crippen LogP contribution in [0.15, 0.2) is 36.4 Å². The molecule has 0 spiro atoms. The maximum absolute atomic E-state index is 13.4. The van der Waals surface area contributed by atoms with Crippen LogP contribution in [0.2, 0.25) is 0 Å². The van der Waals surface area contributed by atoms with E-state index in [1.807, 2.05) is 32.0 Å². The number of rotatable bonds is 5. The lowest BCUT2D eigenvalue weighted by atomic mass is 9.96. The van der Waals surface area contributed by atoms with Crippen molar-refractivity contribution in [2.75, 3.05) is 13.1 Å². The number of halogens is 1. The Kier molecular flexibility index (Phi) is 6.11. The van der Waals surface area contributed by atoms with Gasteiger partial charge in [-0.15, -0.1) is 0 Å². The van der Waals surface area contributed by atoms with Gasteiger partial charge in [-0.1, -0.05) is 24.3 Å². The summed E-state index contributed by atoms with van der Waals surface area (Å²) >= 11 is 0. The van der Waals surface area contributed by atoms with E-state index < -0.39 is 0 Å². The first-order valence-corrected chi connectivity index (χ1v) is 9.46. The van der Waals surface area contributed by atoms with Crippen LogP contribution in [0.4, 0.5) is 4.39 Å². The summed E-state index contributed by atoms with van der Waals surface area (Å²) in [6.07, 6.45) is 1.84. The number of likely N-dealkylation sites (tertiary alicyclic amines) is 1. The molecule has 3 rings (SSSR count). The third kappa shape index (κ3) is 5.07. The molecule has 0 unspecified atom stereocenters. The number of phenols is 1. The average molecular weight is 370 g/mol. The minimum Gasteiger partial charge on any atom is -0.507 e. The predicted molar refractivity (Wildman–Crippen MR) is 104 cm³/mol. The number of hydrogen-bond donors (Lipinski definition) is 2. The van der Waals surface area contributed by atoms with Crippen LogP contribution < -0.4 is 5.32 Å². The Morgan fingerprint density at radius 1 is 1.22 bits per heavy atom. The lowest BCUT2D eigenvalue weighted by Crippen LogP contribution is -2.42. The van der Waals surface area contributed by atoms with Crippen molar-refractivity contribution in [3.8, 4) is 5.75 Å². The molecule has 1 atom stereocenters. The van der Waals surface area contributed by atoms with Crippen molar-refractivity contribution in [1.82, 2.24) is 10.2 Å². The van der Waals surface area contributed by atoms with Crippen molar-refractivity contribution in [3.05, 3.63) is 64.5 Å². The molecule has 1 aliphatic rings. The molecule has 0 aliphatic carbocycles. The Hall–Kier alpha value is -2.40. The molecule has 2 aromatic rings. The number of carbonyl (C=O) groups is 1. The second-order valence-electron chi connectivity index (χ2n) is 7.50. The molecule has 5 heteroatoms. The molecule has 2 N–H and O–H groups in total. The number of nitrogens with zero attached hydrogens (tertiary/aromatic N) is 1. The predicted octanol–water partition coefficient (Wildman–Crippen LogP) is 3.68. The minimum atomic E-state index is -0.224. The average Bonchev–Trinajstić information content (AvgIpc) is 2.64. The summed E-state index contributed by atoms with van der Waals surface area (Å²) in [5.41, 5.74) is 3.56. The molecule has 4 nitrogen and oxygen atoms in total. The fourth-order valence-electron chi connectivity index (χ4n) is 3.79. The van der Waals surface area contributed by atoms with Gasteiger partial charge in [0.05, 0.1) is 5.92 Å². The number of hydrogen-bond acceptors (Lipinski definition) is 3. The molecule has 0 aromatic heterocycles. The Balaban J connectivity index is 1.55. The summed E-state index contributed by atoms with van der Waals surface area (Å²) in [6.45, 7) is 6.46. The summed E-state index contributed by atoms with van der Waals surface area (Å²) in [7, 11) is 0. The van der Waals surface area contributed by atoms with Crippen LogP contribution in [0.5, 0.6) is 5.75 Å². The van der Waals surface area contributed by atoms with Crippen LogP contribution in [-0.2, 0) is 17.9 Å². The second-order valence-corrected chi connectivity index (χ2v) is 7.50. The summed E-state index contributed by atoms with van der Waals surface area (Å²) in [5.74, 6) is 0.0950. The van der Waals surface area contributed by atoms with E-state index in [0.29, 0.717) is 25.4 Å². The molecule has 144 valence electrons. The second kappa shape index (κ2) is 8.53. The third-order valence-corrected chi connectivity index (χ3v) is 5.19. The van der Waals surface area contributed by atoms with Gasteiger partial charge < -0.3 is 10.4 Å². The molecular weight excluding hydrogens is 343 g/mol. The Labute approximate surface area is 160 Å². The van der Waals surface area contributed by atoms with Crippen LogP contribution in [0, 0.1) is 25.6 Å². The smallest absolute Gasteiger partial charge is 0.224 e. The third-order valence-electron chi connectivity index (χ3n) is 5.19. The largest absolute Gasteiger partial charge is 0.507 e.